The minimum absolute atomic E-state index is 0.115. The van der Waals surface area contributed by atoms with Crippen LogP contribution in [0.3, 0.4) is 0 Å². The van der Waals surface area contributed by atoms with Gasteiger partial charge in [-0.15, -0.1) is 0 Å². The second kappa shape index (κ2) is 6.30. The molecule has 1 aromatic carbocycles. The number of likely N-dealkylation sites (N-methyl/N-ethyl adjacent to an activating group) is 1. The first-order valence-electron chi connectivity index (χ1n) is 6.46. The van der Waals surface area contributed by atoms with Gasteiger partial charge in [-0.25, -0.2) is 4.39 Å². The summed E-state index contributed by atoms with van der Waals surface area (Å²) in [6.45, 7) is 10.9. The molecule has 0 aliphatic rings. The first-order valence-corrected chi connectivity index (χ1v) is 6.46. The Morgan fingerprint density at radius 3 is 2.56 bits per heavy atom. The van der Waals surface area contributed by atoms with Gasteiger partial charge in [0.1, 0.15) is 5.82 Å². The number of rotatable bonds is 5. The molecule has 0 aliphatic heterocycles. The number of aryl methyl sites for hydroxylation is 1. The highest BCUT2D eigenvalue weighted by atomic mass is 19.1. The maximum Gasteiger partial charge on any atom is 0.127 e. The fourth-order valence-corrected chi connectivity index (χ4v) is 1.82. The van der Waals surface area contributed by atoms with Crippen LogP contribution in [0.25, 0.3) is 0 Å². The van der Waals surface area contributed by atoms with Gasteiger partial charge in [0.25, 0.3) is 0 Å². The van der Waals surface area contributed by atoms with Crippen molar-refractivity contribution in [3.8, 4) is 0 Å². The topological polar surface area (TPSA) is 15.3 Å². The Balaban J connectivity index is 2.44. The van der Waals surface area contributed by atoms with E-state index in [1.165, 1.54) is 0 Å². The molecule has 0 atom stereocenters. The minimum atomic E-state index is -0.115. The monoisotopic (exact) mass is 252 g/mol. The third-order valence-corrected chi connectivity index (χ3v) is 2.79. The standard InChI is InChI=1S/C15H25FN2/c1-12-6-7-14(16)13(10-12)11-18(5)9-8-17-15(2,3)4/h6-7,10,17H,8-9,11H2,1-5H3. The zero-order valence-corrected chi connectivity index (χ0v) is 12.2. The molecule has 0 amide bonds. The Kier molecular flexibility index (Phi) is 5.29. The Morgan fingerprint density at radius 1 is 1.28 bits per heavy atom. The van der Waals surface area contributed by atoms with Crippen LogP contribution in [-0.2, 0) is 6.54 Å². The van der Waals surface area contributed by atoms with Gasteiger partial charge in [-0.3, -0.25) is 0 Å². The van der Waals surface area contributed by atoms with Crippen molar-refractivity contribution in [3.63, 3.8) is 0 Å². The lowest BCUT2D eigenvalue weighted by Gasteiger charge is -2.23. The van der Waals surface area contributed by atoms with E-state index in [-0.39, 0.29) is 11.4 Å². The Hall–Kier alpha value is -0.930. The number of benzene rings is 1. The van der Waals surface area contributed by atoms with Gasteiger partial charge in [-0.05, 0) is 40.8 Å². The van der Waals surface area contributed by atoms with Crippen LogP contribution in [0, 0.1) is 12.7 Å². The lowest BCUT2D eigenvalue weighted by molar-refractivity contribution is 0.299. The molecule has 0 radical (unpaired) electrons. The van der Waals surface area contributed by atoms with E-state index >= 15 is 0 Å². The largest absolute Gasteiger partial charge is 0.311 e. The van der Waals surface area contributed by atoms with Crippen LogP contribution >= 0.6 is 0 Å². The quantitative estimate of drug-likeness (QED) is 0.866. The van der Waals surface area contributed by atoms with E-state index in [2.05, 4.69) is 31.0 Å². The van der Waals surface area contributed by atoms with Crippen molar-refractivity contribution in [3.05, 3.63) is 35.1 Å². The van der Waals surface area contributed by atoms with Crippen molar-refractivity contribution in [1.82, 2.24) is 10.2 Å². The van der Waals surface area contributed by atoms with E-state index in [9.17, 15) is 4.39 Å². The molecular formula is C15H25FN2. The third kappa shape index (κ3) is 5.61. The first-order chi connectivity index (χ1) is 8.28. The average Bonchev–Trinajstić information content (AvgIpc) is 2.21. The fraction of sp³-hybridized carbons (Fsp3) is 0.600. The molecule has 0 saturated carbocycles. The minimum Gasteiger partial charge on any atom is -0.311 e. The van der Waals surface area contributed by atoms with E-state index < -0.39 is 0 Å². The first kappa shape index (κ1) is 15.1. The fourth-order valence-electron chi connectivity index (χ4n) is 1.82. The highest BCUT2D eigenvalue weighted by Gasteiger charge is 2.10. The van der Waals surface area contributed by atoms with Gasteiger partial charge in [0.15, 0.2) is 0 Å². The van der Waals surface area contributed by atoms with Gasteiger partial charge < -0.3 is 10.2 Å². The smallest absolute Gasteiger partial charge is 0.127 e. The van der Waals surface area contributed by atoms with Gasteiger partial charge in [0, 0.05) is 30.7 Å². The van der Waals surface area contributed by atoms with E-state index in [4.69, 9.17) is 0 Å². The maximum atomic E-state index is 13.6. The summed E-state index contributed by atoms with van der Waals surface area (Å²) in [5, 5.41) is 3.43. The molecule has 0 saturated heterocycles. The number of hydrogen-bond donors (Lipinski definition) is 1. The van der Waals surface area contributed by atoms with Gasteiger partial charge >= 0.3 is 0 Å². The lowest BCUT2D eigenvalue weighted by Crippen LogP contribution is -2.40. The molecule has 0 aliphatic carbocycles. The van der Waals surface area contributed by atoms with E-state index in [0.717, 1.165) is 24.2 Å². The summed E-state index contributed by atoms with van der Waals surface area (Å²) in [5.74, 6) is -0.115. The molecule has 0 aromatic heterocycles. The molecular weight excluding hydrogens is 227 g/mol. The van der Waals surface area contributed by atoms with Gasteiger partial charge in [0.2, 0.25) is 0 Å². The number of hydrogen-bond acceptors (Lipinski definition) is 2. The predicted octanol–water partition coefficient (Wildman–Crippen LogP) is 2.95. The SMILES string of the molecule is Cc1ccc(F)c(CN(C)CCNC(C)(C)C)c1. The van der Waals surface area contributed by atoms with Gasteiger partial charge in [-0.1, -0.05) is 17.7 Å². The van der Waals surface area contributed by atoms with Crippen LogP contribution in [0.2, 0.25) is 0 Å². The summed E-state index contributed by atoms with van der Waals surface area (Å²) in [6, 6.07) is 5.27. The highest BCUT2D eigenvalue weighted by molar-refractivity contribution is 5.23. The normalized spacial score (nSPS) is 12.2. The summed E-state index contributed by atoms with van der Waals surface area (Å²) in [6.07, 6.45) is 0. The molecule has 18 heavy (non-hydrogen) atoms. The predicted molar refractivity (Wildman–Crippen MR) is 75.2 cm³/mol. The van der Waals surface area contributed by atoms with Crippen LogP contribution in [0.5, 0.6) is 0 Å². The third-order valence-electron chi connectivity index (χ3n) is 2.79. The number of halogens is 1. The Morgan fingerprint density at radius 2 is 1.94 bits per heavy atom. The van der Waals surface area contributed by atoms with E-state index in [1.54, 1.807) is 12.1 Å². The molecule has 0 bridgehead atoms. The molecule has 1 aromatic rings. The lowest BCUT2D eigenvalue weighted by atomic mass is 10.1. The van der Waals surface area contributed by atoms with Crippen molar-refractivity contribution >= 4 is 0 Å². The van der Waals surface area contributed by atoms with Crippen LogP contribution < -0.4 is 5.32 Å². The summed E-state index contributed by atoms with van der Waals surface area (Å²) < 4.78 is 13.6. The summed E-state index contributed by atoms with van der Waals surface area (Å²) in [7, 11) is 2.02. The molecule has 3 heteroatoms. The second-order valence-electron chi connectivity index (χ2n) is 6.01. The van der Waals surface area contributed by atoms with Crippen LogP contribution in [-0.4, -0.2) is 30.6 Å². The summed E-state index contributed by atoms with van der Waals surface area (Å²) >= 11 is 0. The molecule has 1 rings (SSSR count). The summed E-state index contributed by atoms with van der Waals surface area (Å²) in [4.78, 5) is 2.14. The molecule has 102 valence electrons. The molecule has 0 heterocycles. The van der Waals surface area contributed by atoms with Crippen LogP contribution in [0.1, 0.15) is 31.9 Å². The zero-order chi connectivity index (χ0) is 13.8. The molecule has 2 nitrogen and oxygen atoms in total. The Bertz CT molecular complexity index is 383. The molecule has 0 fully saturated rings. The van der Waals surface area contributed by atoms with Crippen LogP contribution in [0.15, 0.2) is 18.2 Å². The zero-order valence-electron chi connectivity index (χ0n) is 12.2. The molecule has 0 spiro atoms. The summed E-state index contributed by atoms with van der Waals surface area (Å²) in [5.41, 5.74) is 2.01. The number of nitrogens with one attached hydrogen (secondary N) is 1. The van der Waals surface area contributed by atoms with Crippen LogP contribution in [0.4, 0.5) is 4.39 Å². The second-order valence-corrected chi connectivity index (χ2v) is 6.01. The average molecular weight is 252 g/mol. The maximum absolute atomic E-state index is 13.6. The highest BCUT2D eigenvalue weighted by Crippen LogP contribution is 2.11. The van der Waals surface area contributed by atoms with Crippen molar-refractivity contribution in [2.75, 3.05) is 20.1 Å². The molecule has 0 unspecified atom stereocenters. The van der Waals surface area contributed by atoms with Gasteiger partial charge in [0.05, 0.1) is 0 Å². The van der Waals surface area contributed by atoms with Crippen molar-refractivity contribution in [2.24, 2.45) is 0 Å². The number of nitrogens with zero attached hydrogens (tertiary/aromatic N) is 1. The van der Waals surface area contributed by atoms with E-state index in [0.29, 0.717) is 6.54 Å². The van der Waals surface area contributed by atoms with Crippen molar-refractivity contribution < 1.29 is 4.39 Å². The van der Waals surface area contributed by atoms with Gasteiger partial charge in [-0.2, -0.15) is 0 Å². The van der Waals surface area contributed by atoms with Crippen molar-refractivity contribution in [2.45, 2.75) is 39.8 Å². The molecule has 1 N–H and O–H groups in total. The Labute approximate surface area is 110 Å². The van der Waals surface area contributed by atoms with E-state index in [1.807, 2.05) is 20.0 Å². The van der Waals surface area contributed by atoms with Crippen molar-refractivity contribution in [1.29, 1.82) is 0 Å².